The molecule has 2 heterocycles. The molecule has 11 heteroatoms. The maximum Gasteiger partial charge on any atom is 0.303 e. The molecule has 1 fully saturated rings. The van der Waals surface area contributed by atoms with Gasteiger partial charge in [-0.25, -0.2) is 0 Å². The van der Waals surface area contributed by atoms with E-state index < -0.39 is 54.6 Å². The summed E-state index contributed by atoms with van der Waals surface area (Å²) in [5.74, 6) is 0.873. The van der Waals surface area contributed by atoms with Gasteiger partial charge in [-0.2, -0.15) is 0 Å². The highest BCUT2D eigenvalue weighted by atomic mass is 16.7. The van der Waals surface area contributed by atoms with Crippen LogP contribution in [0.5, 0.6) is 11.5 Å². The maximum atomic E-state index is 12.2. The van der Waals surface area contributed by atoms with Crippen LogP contribution < -0.4 is 9.47 Å². The molecule has 0 aliphatic carbocycles. The lowest BCUT2D eigenvalue weighted by Gasteiger charge is -2.44. The zero-order valence-corrected chi connectivity index (χ0v) is 33.2. The van der Waals surface area contributed by atoms with Crippen molar-refractivity contribution in [2.24, 2.45) is 17.8 Å². The van der Waals surface area contributed by atoms with E-state index >= 15 is 0 Å². The molecule has 1 aromatic rings. The summed E-state index contributed by atoms with van der Waals surface area (Å²) in [6.07, 6.45) is 6.54. The molecule has 0 radical (unpaired) electrons. The summed E-state index contributed by atoms with van der Waals surface area (Å²) in [6, 6.07) is 3.70. The van der Waals surface area contributed by atoms with Crippen LogP contribution in [0.15, 0.2) is 12.1 Å². The molecule has 294 valence electrons. The summed E-state index contributed by atoms with van der Waals surface area (Å²) in [5.41, 5.74) is 1.58. The Hall–Kier alpha value is -3.34. The zero-order valence-electron chi connectivity index (χ0n) is 33.2. The summed E-state index contributed by atoms with van der Waals surface area (Å²) >= 11 is 0. The lowest BCUT2D eigenvalue weighted by molar-refractivity contribution is -0.288. The third-order valence-electron chi connectivity index (χ3n) is 10.1. The van der Waals surface area contributed by atoms with Crippen LogP contribution in [0.2, 0.25) is 0 Å². The van der Waals surface area contributed by atoms with Crippen LogP contribution in [0, 0.1) is 24.7 Å². The predicted molar refractivity (Wildman–Crippen MR) is 196 cm³/mol. The fourth-order valence-electron chi connectivity index (χ4n) is 7.30. The average Bonchev–Trinajstić information content (AvgIpc) is 3.02. The van der Waals surface area contributed by atoms with E-state index in [0.717, 1.165) is 54.4 Å². The highest BCUT2D eigenvalue weighted by Crippen LogP contribution is 2.41. The van der Waals surface area contributed by atoms with E-state index in [2.05, 4.69) is 34.6 Å². The molecule has 2 aliphatic rings. The lowest BCUT2D eigenvalue weighted by atomic mass is 9.85. The largest absolute Gasteiger partial charge is 0.487 e. The Morgan fingerprint density at radius 2 is 1.33 bits per heavy atom. The van der Waals surface area contributed by atoms with Crippen LogP contribution in [0.4, 0.5) is 0 Å². The van der Waals surface area contributed by atoms with Crippen LogP contribution >= 0.6 is 0 Å². The van der Waals surface area contributed by atoms with Gasteiger partial charge in [-0.05, 0) is 80.5 Å². The van der Waals surface area contributed by atoms with Gasteiger partial charge < -0.3 is 33.2 Å². The average molecular weight is 733 g/mol. The van der Waals surface area contributed by atoms with Gasteiger partial charge in [0.05, 0.1) is 0 Å². The molecule has 2 aliphatic heterocycles. The van der Waals surface area contributed by atoms with Crippen molar-refractivity contribution in [3.63, 3.8) is 0 Å². The number of carbonyl (C=O) groups is 4. The van der Waals surface area contributed by atoms with Crippen molar-refractivity contribution in [2.75, 3.05) is 6.61 Å². The Morgan fingerprint density at radius 1 is 0.769 bits per heavy atom. The Kier molecular flexibility index (Phi) is 16.7. The molecule has 52 heavy (non-hydrogen) atoms. The van der Waals surface area contributed by atoms with Crippen molar-refractivity contribution in [2.45, 2.75) is 176 Å². The van der Waals surface area contributed by atoms with Crippen LogP contribution in [0.25, 0.3) is 0 Å². The van der Waals surface area contributed by atoms with Crippen molar-refractivity contribution in [3.8, 4) is 11.5 Å². The summed E-state index contributed by atoms with van der Waals surface area (Å²) in [4.78, 5) is 48.2. The normalized spacial score (nSPS) is 25.2. The highest BCUT2D eigenvalue weighted by molar-refractivity contribution is 5.68. The van der Waals surface area contributed by atoms with Gasteiger partial charge in [0, 0.05) is 27.7 Å². The summed E-state index contributed by atoms with van der Waals surface area (Å²) < 4.78 is 40.9. The first-order chi connectivity index (χ1) is 24.5. The maximum absolute atomic E-state index is 12.2. The SMILES string of the molecule is CC(=O)OC[C@H]1O[C@@H](Oc2cc(C)c3c(c2)CC[C@@](C)(CCC[C@H](C)CCC[C@H](C)CCCC(C)C)O3)[C@H](OC(C)=O)[C@@H](OC(C)=O)[C@@H]1OC(C)=O. The molecule has 0 amide bonds. The monoisotopic (exact) mass is 732 g/mol. The summed E-state index contributed by atoms with van der Waals surface area (Å²) in [5, 5.41) is 0. The lowest BCUT2D eigenvalue weighted by Crippen LogP contribution is -2.63. The second-order valence-electron chi connectivity index (χ2n) is 15.8. The number of aryl methyl sites for hydroxylation is 2. The fourth-order valence-corrected chi connectivity index (χ4v) is 7.30. The minimum atomic E-state index is -1.31. The number of ether oxygens (including phenoxy) is 7. The van der Waals surface area contributed by atoms with E-state index in [0.29, 0.717) is 11.7 Å². The first-order valence-electron chi connectivity index (χ1n) is 19.3. The van der Waals surface area contributed by atoms with Gasteiger partial charge in [-0.15, -0.1) is 0 Å². The predicted octanol–water partition coefficient (Wildman–Crippen LogP) is 7.98. The van der Waals surface area contributed by atoms with Crippen molar-refractivity contribution in [1.82, 2.24) is 0 Å². The van der Waals surface area contributed by atoms with E-state index in [-0.39, 0.29) is 12.2 Å². The number of esters is 4. The molecule has 0 bridgehead atoms. The first kappa shape index (κ1) is 43.1. The van der Waals surface area contributed by atoms with Crippen molar-refractivity contribution in [3.05, 3.63) is 23.3 Å². The molecular weight excluding hydrogens is 668 g/mol. The number of rotatable bonds is 19. The minimum absolute atomic E-state index is 0.273. The smallest absolute Gasteiger partial charge is 0.303 e. The second-order valence-corrected chi connectivity index (χ2v) is 15.8. The number of benzene rings is 1. The Balaban J connectivity index is 1.67. The number of carbonyl (C=O) groups excluding carboxylic acids is 4. The van der Waals surface area contributed by atoms with E-state index in [1.165, 1.54) is 72.6 Å². The Labute approximate surface area is 311 Å². The number of hydrogen-bond acceptors (Lipinski definition) is 11. The van der Waals surface area contributed by atoms with Gasteiger partial charge in [0.2, 0.25) is 12.4 Å². The molecule has 11 nitrogen and oxygen atoms in total. The van der Waals surface area contributed by atoms with E-state index in [9.17, 15) is 19.2 Å². The standard InChI is InChI=1S/C41H64O11/c1-25(2)14-11-15-26(3)16-12-17-27(4)18-13-20-41(10)21-19-33-23-34(22-28(5)36(33)52-41)50-40-39(49-32(9)45)38(48-31(8)44)37(47-30(7)43)35(51-40)24-46-29(6)42/h22-23,25-27,35,37-40H,11-21,24H2,1-10H3/t26-,27-,35-,37-,38+,39-,40-,41-/m1/s1. The minimum Gasteiger partial charge on any atom is -0.487 e. The molecular formula is C41H64O11. The topological polar surface area (TPSA) is 133 Å². The molecule has 0 unspecified atom stereocenters. The molecule has 0 spiro atoms. The molecule has 3 rings (SSSR count). The van der Waals surface area contributed by atoms with Gasteiger partial charge >= 0.3 is 23.9 Å². The van der Waals surface area contributed by atoms with Gasteiger partial charge in [0.1, 0.15) is 29.8 Å². The highest BCUT2D eigenvalue weighted by Gasteiger charge is 2.53. The number of hydrogen-bond donors (Lipinski definition) is 0. The summed E-state index contributed by atoms with van der Waals surface area (Å²) in [6.45, 7) is 18.0. The summed E-state index contributed by atoms with van der Waals surface area (Å²) in [7, 11) is 0. The molecule has 0 saturated carbocycles. The van der Waals surface area contributed by atoms with Crippen LogP contribution in [-0.4, -0.2) is 66.8 Å². The fraction of sp³-hybridized carbons (Fsp3) is 0.756. The van der Waals surface area contributed by atoms with E-state index in [1.807, 2.05) is 19.1 Å². The first-order valence-corrected chi connectivity index (χ1v) is 19.3. The zero-order chi connectivity index (χ0) is 38.6. The van der Waals surface area contributed by atoms with E-state index in [1.54, 1.807) is 0 Å². The quantitative estimate of drug-likeness (QED) is 0.101. The third kappa shape index (κ3) is 13.9. The van der Waals surface area contributed by atoms with Crippen LogP contribution in [-0.2, 0) is 49.3 Å². The molecule has 8 atom stereocenters. The van der Waals surface area contributed by atoms with E-state index in [4.69, 9.17) is 33.2 Å². The van der Waals surface area contributed by atoms with Gasteiger partial charge in [-0.3, -0.25) is 19.2 Å². The number of fused-ring (bicyclic) bond motifs is 1. The van der Waals surface area contributed by atoms with Crippen LogP contribution in [0.3, 0.4) is 0 Å². The van der Waals surface area contributed by atoms with Crippen molar-refractivity contribution < 1.29 is 52.3 Å². The molecule has 1 saturated heterocycles. The Morgan fingerprint density at radius 3 is 1.90 bits per heavy atom. The van der Waals surface area contributed by atoms with Gasteiger partial charge in [0.25, 0.3) is 0 Å². The van der Waals surface area contributed by atoms with Crippen molar-refractivity contribution in [1.29, 1.82) is 0 Å². The third-order valence-corrected chi connectivity index (χ3v) is 10.1. The van der Waals surface area contributed by atoms with Gasteiger partial charge in [-0.1, -0.05) is 72.6 Å². The second kappa shape index (κ2) is 20.2. The molecule has 0 aromatic heterocycles. The van der Waals surface area contributed by atoms with Crippen molar-refractivity contribution >= 4 is 23.9 Å². The molecule has 1 aromatic carbocycles. The molecule has 0 N–H and O–H groups in total. The van der Waals surface area contributed by atoms with Crippen LogP contribution in [0.1, 0.15) is 138 Å². The van der Waals surface area contributed by atoms with Gasteiger partial charge in [0.15, 0.2) is 12.2 Å². The Bertz CT molecular complexity index is 1340.